The van der Waals surface area contributed by atoms with Gasteiger partial charge < -0.3 is 9.47 Å². The van der Waals surface area contributed by atoms with Crippen LogP contribution in [-0.2, 0) is 14.3 Å². The highest BCUT2D eigenvalue weighted by molar-refractivity contribution is 6.39. The minimum atomic E-state index is -4.75. The number of hydrogen-bond acceptors (Lipinski definition) is 4. The molecule has 0 aromatic heterocycles. The van der Waals surface area contributed by atoms with Gasteiger partial charge in [-0.1, -0.05) is 29.3 Å². The average molecular weight is 382 g/mol. The first-order valence-corrected chi connectivity index (χ1v) is 7.85. The van der Waals surface area contributed by atoms with Crippen molar-refractivity contribution in [2.75, 3.05) is 4.90 Å². The number of para-hydroxylation sites is 1. The summed E-state index contributed by atoms with van der Waals surface area (Å²) in [5, 5.41) is -0.0240. The molecule has 1 unspecified atom stereocenters. The fraction of sp³-hybridized carbons (Fsp3) is 0.400. The number of allylic oxidation sites excluding steroid dienone is 1. The Kier molecular flexibility index (Phi) is 4.34. The minimum Gasteiger partial charge on any atom is -0.459 e. The van der Waals surface area contributed by atoms with E-state index in [1.807, 2.05) is 0 Å². The van der Waals surface area contributed by atoms with Crippen molar-refractivity contribution in [3.63, 3.8) is 0 Å². The first kappa shape index (κ1) is 17.2. The van der Waals surface area contributed by atoms with Gasteiger partial charge >= 0.3 is 12.1 Å². The van der Waals surface area contributed by atoms with Crippen LogP contribution in [0.4, 0.5) is 18.9 Å². The summed E-state index contributed by atoms with van der Waals surface area (Å²) in [6, 6.07) is 4.30. The van der Waals surface area contributed by atoms with Crippen LogP contribution in [0.2, 0.25) is 10.0 Å². The van der Waals surface area contributed by atoms with Gasteiger partial charge in [0.25, 0.3) is 6.23 Å². The predicted molar refractivity (Wildman–Crippen MR) is 81.4 cm³/mol. The molecule has 0 spiro atoms. The number of carbonyl (C=O) groups excluding carboxylic acids is 1. The third kappa shape index (κ3) is 3.15. The van der Waals surface area contributed by atoms with Crippen LogP contribution in [-0.4, -0.2) is 18.4 Å². The molecule has 1 aliphatic heterocycles. The van der Waals surface area contributed by atoms with Gasteiger partial charge in [0.2, 0.25) is 5.88 Å². The number of halogens is 5. The molecule has 0 radical (unpaired) electrons. The Balaban J connectivity index is 2.16. The lowest BCUT2D eigenvalue weighted by Crippen LogP contribution is -2.43. The Labute approximate surface area is 145 Å². The molecule has 0 N–H and O–H groups in total. The van der Waals surface area contributed by atoms with Crippen LogP contribution in [0.15, 0.2) is 29.8 Å². The summed E-state index contributed by atoms with van der Waals surface area (Å²) >= 11 is 12.1. The van der Waals surface area contributed by atoms with Crippen LogP contribution in [0.25, 0.3) is 0 Å². The van der Waals surface area contributed by atoms with Gasteiger partial charge in [0.05, 0.1) is 15.7 Å². The maximum atomic E-state index is 13.5. The van der Waals surface area contributed by atoms with E-state index in [2.05, 4.69) is 0 Å². The van der Waals surface area contributed by atoms with Crippen molar-refractivity contribution in [1.82, 2.24) is 0 Å². The van der Waals surface area contributed by atoms with Crippen LogP contribution < -0.4 is 4.90 Å². The van der Waals surface area contributed by atoms with Crippen molar-refractivity contribution in [2.45, 2.75) is 32.2 Å². The summed E-state index contributed by atoms with van der Waals surface area (Å²) in [5.74, 6) is -1.27. The van der Waals surface area contributed by atoms with Crippen molar-refractivity contribution in [2.24, 2.45) is 5.92 Å². The molecule has 24 heavy (non-hydrogen) atoms. The molecule has 1 saturated carbocycles. The van der Waals surface area contributed by atoms with Crippen molar-refractivity contribution in [1.29, 1.82) is 0 Å². The highest BCUT2D eigenvalue weighted by Gasteiger charge is 2.56. The van der Waals surface area contributed by atoms with Gasteiger partial charge in [0.1, 0.15) is 0 Å². The summed E-state index contributed by atoms with van der Waals surface area (Å²) in [7, 11) is 0. The zero-order valence-electron chi connectivity index (χ0n) is 12.4. The number of alkyl halides is 3. The standard InChI is InChI=1S/C15H12Cl2F3NO3/c1-7(22)23-13-12(8-5-6-8)24-14(15(18,19)20)21(13)11-9(16)3-2-4-10(11)17/h2-4,8,14H,5-6H2,1H3. The topological polar surface area (TPSA) is 38.8 Å². The van der Waals surface area contributed by atoms with Crippen LogP contribution in [0.1, 0.15) is 19.8 Å². The first-order chi connectivity index (χ1) is 11.2. The minimum absolute atomic E-state index is 0.00325. The molecule has 1 heterocycles. The summed E-state index contributed by atoms with van der Waals surface area (Å²) < 4.78 is 50.7. The van der Waals surface area contributed by atoms with Crippen molar-refractivity contribution < 1.29 is 27.4 Å². The Morgan fingerprint density at radius 3 is 2.33 bits per heavy atom. The third-order valence-corrected chi connectivity index (χ3v) is 4.16. The molecule has 3 rings (SSSR count). The normalized spacial score (nSPS) is 21.1. The van der Waals surface area contributed by atoms with Crippen LogP contribution in [0.3, 0.4) is 0 Å². The second kappa shape index (κ2) is 6.04. The number of carbonyl (C=O) groups is 1. The predicted octanol–water partition coefficient (Wildman–Crippen LogP) is 4.86. The monoisotopic (exact) mass is 381 g/mol. The van der Waals surface area contributed by atoms with Crippen molar-refractivity contribution >= 4 is 34.9 Å². The molecule has 0 amide bonds. The Morgan fingerprint density at radius 2 is 1.88 bits per heavy atom. The smallest absolute Gasteiger partial charge is 0.445 e. The Morgan fingerprint density at radius 1 is 1.29 bits per heavy atom. The van der Waals surface area contributed by atoms with Gasteiger partial charge in [-0.3, -0.25) is 9.69 Å². The van der Waals surface area contributed by atoms with E-state index in [9.17, 15) is 18.0 Å². The number of hydrogen-bond donors (Lipinski definition) is 0. The van der Waals surface area contributed by atoms with Gasteiger partial charge in [-0.15, -0.1) is 0 Å². The van der Waals surface area contributed by atoms with Crippen molar-refractivity contribution in [3.8, 4) is 0 Å². The Hall–Kier alpha value is -1.60. The molecule has 0 saturated heterocycles. The van der Waals surface area contributed by atoms with E-state index in [0.29, 0.717) is 17.7 Å². The number of anilines is 1. The van der Waals surface area contributed by atoms with E-state index in [1.165, 1.54) is 18.2 Å². The largest absolute Gasteiger partial charge is 0.459 e. The number of esters is 1. The second-order valence-corrected chi connectivity index (χ2v) is 6.30. The van der Waals surface area contributed by atoms with E-state index in [4.69, 9.17) is 32.7 Å². The maximum Gasteiger partial charge on any atom is 0.445 e. The molecule has 0 bridgehead atoms. The first-order valence-electron chi connectivity index (χ1n) is 7.09. The molecule has 9 heteroatoms. The maximum absolute atomic E-state index is 13.5. The molecule has 1 fully saturated rings. The molecule has 4 nitrogen and oxygen atoms in total. The van der Waals surface area contributed by atoms with Gasteiger partial charge in [0.15, 0.2) is 5.76 Å². The molecule has 2 aliphatic rings. The van der Waals surface area contributed by atoms with Crippen LogP contribution in [0, 0.1) is 5.92 Å². The SMILES string of the molecule is CC(=O)OC1=C(C2CC2)OC(C(F)(F)F)N1c1c(Cl)cccc1Cl. The summed E-state index contributed by atoms with van der Waals surface area (Å²) in [6.45, 7) is 1.10. The lowest BCUT2D eigenvalue weighted by atomic mass is 10.2. The lowest BCUT2D eigenvalue weighted by Gasteiger charge is -2.29. The quantitative estimate of drug-likeness (QED) is 0.700. The molecular weight excluding hydrogens is 370 g/mol. The van der Waals surface area contributed by atoms with Gasteiger partial charge in [-0.05, 0) is 25.0 Å². The number of rotatable bonds is 3. The highest BCUT2D eigenvalue weighted by Crippen LogP contribution is 2.50. The molecule has 1 aliphatic carbocycles. The van der Waals surface area contributed by atoms with Crippen LogP contribution in [0.5, 0.6) is 0 Å². The van der Waals surface area contributed by atoms with E-state index in [0.717, 1.165) is 6.92 Å². The number of nitrogens with zero attached hydrogens (tertiary/aromatic N) is 1. The molecule has 1 atom stereocenters. The van der Waals surface area contributed by atoms with Crippen molar-refractivity contribution in [3.05, 3.63) is 39.9 Å². The fourth-order valence-electron chi connectivity index (χ4n) is 2.45. The molecule has 1 aromatic carbocycles. The summed E-state index contributed by atoms with van der Waals surface area (Å²) in [5.41, 5.74) is -0.116. The highest BCUT2D eigenvalue weighted by atomic mass is 35.5. The number of benzene rings is 1. The lowest BCUT2D eigenvalue weighted by molar-refractivity contribution is -0.202. The van der Waals surface area contributed by atoms with E-state index >= 15 is 0 Å². The summed E-state index contributed by atoms with van der Waals surface area (Å²) in [6.07, 6.45) is -5.78. The zero-order valence-corrected chi connectivity index (χ0v) is 13.9. The van der Waals surface area contributed by atoms with E-state index in [1.54, 1.807) is 0 Å². The van der Waals surface area contributed by atoms with Gasteiger partial charge in [-0.2, -0.15) is 13.2 Å². The second-order valence-electron chi connectivity index (χ2n) is 5.49. The van der Waals surface area contributed by atoms with Gasteiger partial charge in [0, 0.05) is 12.8 Å². The zero-order chi connectivity index (χ0) is 17.6. The van der Waals surface area contributed by atoms with Gasteiger partial charge in [-0.25, -0.2) is 0 Å². The van der Waals surface area contributed by atoms with Crippen LogP contribution >= 0.6 is 23.2 Å². The molecule has 1 aromatic rings. The summed E-state index contributed by atoms with van der Waals surface area (Å²) in [4.78, 5) is 12.1. The van der Waals surface area contributed by atoms with E-state index < -0.39 is 18.4 Å². The molecule has 130 valence electrons. The number of ether oxygens (including phenoxy) is 2. The third-order valence-electron chi connectivity index (χ3n) is 3.55. The average Bonchev–Trinajstić information content (AvgIpc) is 3.21. The fourth-order valence-corrected chi connectivity index (χ4v) is 3.03. The molecular formula is C15H12Cl2F3NO3. The Bertz CT molecular complexity index is 696. The van der Waals surface area contributed by atoms with E-state index in [-0.39, 0.29) is 33.3 Å².